The van der Waals surface area contributed by atoms with Crippen molar-refractivity contribution in [1.82, 2.24) is 14.9 Å². The number of rotatable bonds is 8. The number of carbonyl (C=O) groups is 5. The minimum absolute atomic E-state index is 0.0270. The van der Waals surface area contributed by atoms with Crippen LogP contribution >= 0.6 is 0 Å². The number of hydrogen-bond donors (Lipinski definition) is 5. The Balaban J connectivity index is 0.000000289. The number of hydrogen-bond acceptors (Lipinski definition) is 7. The van der Waals surface area contributed by atoms with Gasteiger partial charge in [0.15, 0.2) is 0 Å². The Morgan fingerprint density at radius 1 is 1.19 bits per heavy atom. The van der Waals surface area contributed by atoms with E-state index < -0.39 is 41.7 Å². The van der Waals surface area contributed by atoms with Crippen LogP contribution in [0.4, 0.5) is 0 Å². The molecule has 0 bridgehead atoms. The summed E-state index contributed by atoms with van der Waals surface area (Å²) in [5.74, 6) is -3.99. The Bertz CT molecular complexity index is 687. The van der Waals surface area contributed by atoms with Gasteiger partial charge in [0.05, 0.1) is 12.0 Å². The number of amides is 3. The third-order valence-corrected chi connectivity index (χ3v) is 3.65. The molecule has 0 aliphatic carbocycles. The molecule has 2 rings (SSSR count). The number of nitrogens with two attached hydrogens (primary N) is 2. The number of aromatic nitrogens is 2. The molecular weight excluding hydrogens is 362 g/mol. The van der Waals surface area contributed by atoms with E-state index in [2.05, 4.69) is 9.97 Å². The van der Waals surface area contributed by atoms with Crippen molar-refractivity contribution in [2.75, 3.05) is 0 Å². The lowest BCUT2D eigenvalue weighted by atomic mass is 10.1. The molecule has 0 saturated carbocycles. The summed E-state index contributed by atoms with van der Waals surface area (Å²) in [6.45, 7) is 0. The molecule has 148 valence electrons. The van der Waals surface area contributed by atoms with Crippen LogP contribution in [-0.4, -0.2) is 66.8 Å². The van der Waals surface area contributed by atoms with Crippen molar-refractivity contribution in [1.29, 1.82) is 0 Å². The first-order valence-corrected chi connectivity index (χ1v) is 7.95. The normalized spacial score (nSPS) is 15.7. The van der Waals surface area contributed by atoms with Gasteiger partial charge < -0.3 is 26.7 Å². The molecule has 0 spiro atoms. The summed E-state index contributed by atoms with van der Waals surface area (Å²) >= 11 is 0. The summed E-state index contributed by atoms with van der Waals surface area (Å²) in [6.07, 6.45) is 3.13. The van der Waals surface area contributed by atoms with E-state index in [1.807, 2.05) is 0 Å². The second-order valence-corrected chi connectivity index (χ2v) is 5.73. The van der Waals surface area contributed by atoms with Crippen LogP contribution in [0.1, 0.15) is 31.4 Å². The van der Waals surface area contributed by atoms with Crippen molar-refractivity contribution >= 4 is 29.7 Å². The molecule has 2 heterocycles. The van der Waals surface area contributed by atoms with Crippen LogP contribution in [0.15, 0.2) is 12.5 Å². The monoisotopic (exact) mass is 383 g/mol. The van der Waals surface area contributed by atoms with E-state index in [1.54, 1.807) is 6.20 Å². The highest BCUT2D eigenvalue weighted by molar-refractivity contribution is 6.04. The number of aliphatic carboxylic acids is 2. The summed E-state index contributed by atoms with van der Waals surface area (Å²) in [5, 5.41) is 17.3. The van der Waals surface area contributed by atoms with Gasteiger partial charge in [0.1, 0.15) is 12.1 Å². The largest absolute Gasteiger partial charge is 0.480 e. The molecule has 7 N–H and O–H groups in total. The number of imide groups is 1. The van der Waals surface area contributed by atoms with E-state index in [1.165, 1.54) is 6.33 Å². The molecule has 0 radical (unpaired) electrons. The fourth-order valence-electron chi connectivity index (χ4n) is 2.30. The van der Waals surface area contributed by atoms with Gasteiger partial charge in [-0.3, -0.25) is 24.1 Å². The minimum atomic E-state index is -1.30. The van der Waals surface area contributed by atoms with E-state index >= 15 is 0 Å². The molecule has 1 aromatic heterocycles. The summed E-state index contributed by atoms with van der Waals surface area (Å²) in [7, 11) is 0. The predicted molar refractivity (Wildman–Crippen MR) is 88.8 cm³/mol. The van der Waals surface area contributed by atoms with Crippen molar-refractivity contribution in [3.8, 4) is 0 Å². The molecule has 1 aliphatic heterocycles. The lowest BCUT2D eigenvalue weighted by Crippen LogP contribution is -2.44. The highest BCUT2D eigenvalue weighted by Crippen LogP contribution is 2.18. The summed E-state index contributed by atoms with van der Waals surface area (Å²) in [5.41, 5.74) is 10.8. The quantitative estimate of drug-likeness (QED) is 0.321. The van der Waals surface area contributed by atoms with Gasteiger partial charge in [-0.2, -0.15) is 0 Å². The molecule has 1 fully saturated rings. The molecule has 12 nitrogen and oxygen atoms in total. The predicted octanol–water partition coefficient (Wildman–Crippen LogP) is -1.78. The number of likely N-dealkylation sites (tertiary alicyclic amines) is 1. The van der Waals surface area contributed by atoms with Gasteiger partial charge in [-0.1, -0.05) is 0 Å². The fraction of sp³-hybridized carbons (Fsp3) is 0.467. The van der Waals surface area contributed by atoms with Gasteiger partial charge >= 0.3 is 11.9 Å². The maximum absolute atomic E-state index is 11.3. The molecular formula is C15H21N5O7. The lowest BCUT2D eigenvalue weighted by molar-refractivity contribution is -0.154. The van der Waals surface area contributed by atoms with Crippen LogP contribution in [0, 0.1) is 0 Å². The highest BCUT2D eigenvalue weighted by atomic mass is 16.4. The summed E-state index contributed by atoms with van der Waals surface area (Å²) in [4.78, 5) is 61.6. The van der Waals surface area contributed by atoms with E-state index in [0.29, 0.717) is 10.6 Å². The third kappa shape index (κ3) is 6.86. The van der Waals surface area contributed by atoms with Gasteiger partial charge in [-0.15, -0.1) is 0 Å². The number of carboxylic acids is 2. The molecule has 0 aromatic carbocycles. The number of primary amides is 1. The topological polar surface area (TPSA) is 210 Å². The Morgan fingerprint density at radius 2 is 1.78 bits per heavy atom. The number of H-pyrrole nitrogens is 1. The summed E-state index contributed by atoms with van der Waals surface area (Å²) in [6, 6.07) is -2.15. The second kappa shape index (κ2) is 10.0. The van der Waals surface area contributed by atoms with Crippen molar-refractivity contribution in [3.63, 3.8) is 0 Å². The number of carbonyl (C=O) groups excluding carboxylic acids is 3. The van der Waals surface area contributed by atoms with Gasteiger partial charge in [0, 0.05) is 31.9 Å². The summed E-state index contributed by atoms with van der Waals surface area (Å²) < 4.78 is 0. The molecule has 1 aliphatic rings. The zero-order valence-electron chi connectivity index (χ0n) is 14.3. The van der Waals surface area contributed by atoms with Crippen molar-refractivity contribution in [3.05, 3.63) is 18.2 Å². The van der Waals surface area contributed by atoms with Crippen LogP contribution in [0.25, 0.3) is 0 Å². The van der Waals surface area contributed by atoms with Gasteiger partial charge in [-0.05, 0) is 6.42 Å². The molecule has 2 atom stereocenters. The van der Waals surface area contributed by atoms with E-state index in [0.717, 1.165) is 0 Å². The number of imidazole rings is 1. The van der Waals surface area contributed by atoms with Crippen LogP contribution in [0.2, 0.25) is 0 Å². The molecule has 27 heavy (non-hydrogen) atoms. The average Bonchev–Trinajstić information content (AvgIpc) is 3.19. The first-order valence-electron chi connectivity index (χ1n) is 7.95. The minimum Gasteiger partial charge on any atom is -0.480 e. The molecule has 12 heteroatoms. The van der Waals surface area contributed by atoms with Crippen LogP contribution in [0.5, 0.6) is 0 Å². The maximum Gasteiger partial charge on any atom is 0.326 e. The SMILES string of the molecule is NC(=O)CC[C@@H](C(=O)O)N1C(=O)CCC1=O.N[C@@H](Cc1c[nH]cn1)C(=O)O. The highest BCUT2D eigenvalue weighted by Gasteiger charge is 2.38. The van der Waals surface area contributed by atoms with Crippen molar-refractivity contribution in [2.24, 2.45) is 11.5 Å². The van der Waals surface area contributed by atoms with Crippen molar-refractivity contribution < 1.29 is 34.2 Å². The van der Waals surface area contributed by atoms with Gasteiger partial charge in [0.2, 0.25) is 17.7 Å². The van der Waals surface area contributed by atoms with Crippen LogP contribution in [-0.2, 0) is 30.4 Å². The van der Waals surface area contributed by atoms with Crippen LogP contribution < -0.4 is 11.5 Å². The molecule has 1 aromatic rings. The molecule has 3 amide bonds. The Kier molecular flexibility index (Phi) is 8.07. The Morgan fingerprint density at radius 3 is 2.19 bits per heavy atom. The average molecular weight is 383 g/mol. The lowest BCUT2D eigenvalue weighted by Gasteiger charge is -2.21. The number of aromatic amines is 1. The van der Waals surface area contributed by atoms with Crippen molar-refractivity contribution in [2.45, 2.75) is 44.2 Å². The van der Waals surface area contributed by atoms with E-state index in [9.17, 15) is 24.0 Å². The standard InChI is InChI=1S/C9H12N2O5.C6H9N3O2/c10-6(12)2-1-5(9(15)16)11-7(13)3-4-8(11)14;7-5(6(10)11)1-4-2-8-3-9-4/h5H,1-4H2,(H2,10,12)(H,15,16);2-3,5H,1,7H2,(H,8,9)(H,10,11)/t2*5-/m00/s1. The zero-order chi connectivity index (χ0) is 20.6. The zero-order valence-corrected chi connectivity index (χ0v) is 14.3. The van der Waals surface area contributed by atoms with Gasteiger partial charge in [0.25, 0.3) is 0 Å². The molecule has 1 saturated heterocycles. The first-order chi connectivity index (χ1) is 12.6. The Hall–Kier alpha value is -3.28. The second-order valence-electron chi connectivity index (χ2n) is 5.73. The fourth-order valence-corrected chi connectivity index (χ4v) is 2.30. The smallest absolute Gasteiger partial charge is 0.326 e. The number of nitrogens with zero attached hydrogens (tertiary/aromatic N) is 2. The first kappa shape index (κ1) is 21.8. The van der Waals surface area contributed by atoms with Gasteiger partial charge in [-0.25, -0.2) is 9.78 Å². The molecule has 0 unspecified atom stereocenters. The van der Waals surface area contributed by atoms with E-state index in [-0.39, 0.29) is 32.1 Å². The Labute approximate surface area is 153 Å². The van der Waals surface area contributed by atoms with Crippen LogP contribution in [0.3, 0.4) is 0 Å². The number of nitrogens with one attached hydrogen (secondary N) is 1. The van der Waals surface area contributed by atoms with E-state index in [4.69, 9.17) is 21.7 Å². The third-order valence-electron chi connectivity index (χ3n) is 3.65. The number of carboxylic acid groups (broad SMARTS) is 2. The maximum atomic E-state index is 11.3.